The summed E-state index contributed by atoms with van der Waals surface area (Å²) in [4.78, 5) is 1.44. The molecule has 1 fully saturated rings. The minimum Gasteiger partial charge on any atom is -0.330 e. The fourth-order valence-electron chi connectivity index (χ4n) is 2.66. The Labute approximate surface area is 116 Å². The van der Waals surface area contributed by atoms with Crippen LogP contribution in [0.5, 0.6) is 0 Å². The zero-order valence-electron chi connectivity index (χ0n) is 11.2. The second-order valence-corrected chi connectivity index (χ2v) is 6.45. The van der Waals surface area contributed by atoms with Crippen molar-refractivity contribution in [1.82, 2.24) is 0 Å². The maximum atomic E-state index is 5.57. The number of benzene rings is 1. The summed E-state index contributed by atoms with van der Waals surface area (Å²) in [5, 5.41) is 0. The second-order valence-electron chi connectivity index (χ2n) is 5.35. The van der Waals surface area contributed by atoms with E-state index in [0.29, 0.717) is 0 Å². The third-order valence-electron chi connectivity index (χ3n) is 3.78. The monoisotopic (exact) mass is 263 g/mol. The van der Waals surface area contributed by atoms with E-state index in [4.69, 9.17) is 5.73 Å². The summed E-state index contributed by atoms with van der Waals surface area (Å²) in [5.74, 6) is 2.26. The van der Waals surface area contributed by atoms with Gasteiger partial charge in [-0.3, -0.25) is 0 Å². The maximum absolute atomic E-state index is 5.57. The Morgan fingerprint density at radius 1 is 1.17 bits per heavy atom. The van der Waals surface area contributed by atoms with E-state index in [1.165, 1.54) is 48.3 Å². The molecule has 2 N–H and O–H groups in total. The predicted molar refractivity (Wildman–Crippen MR) is 81.1 cm³/mol. The lowest BCUT2D eigenvalue weighted by atomic mass is 9.91. The molecule has 1 aliphatic carbocycles. The summed E-state index contributed by atoms with van der Waals surface area (Å²) in [6.45, 7) is 0.791. The molecule has 2 rings (SSSR count). The Kier molecular flexibility index (Phi) is 6.09. The van der Waals surface area contributed by atoms with Crippen LogP contribution in [-0.2, 0) is 6.42 Å². The van der Waals surface area contributed by atoms with Gasteiger partial charge in [-0.15, -0.1) is 11.8 Å². The largest absolute Gasteiger partial charge is 0.330 e. The molecule has 1 nitrogen and oxygen atoms in total. The van der Waals surface area contributed by atoms with Gasteiger partial charge < -0.3 is 5.73 Å². The molecule has 1 saturated carbocycles. The highest BCUT2D eigenvalue weighted by Crippen LogP contribution is 2.30. The first-order valence-corrected chi connectivity index (χ1v) is 8.29. The van der Waals surface area contributed by atoms with E-state index in [2.05, 4.69) is 24.3 Å². The third kappa shape index (κ3) is 4.66. The van der Waals surface area contributed by atoms with Gasteiger partial charge in [-0.05, 0) is 55.8 Å². The standard InChI is InChI=1S/C16H25NS/c17-11-5-9-14-8-4-10-16(12-14)18-13-15-6-2-1-3-7-15/h4,8,10,12,15H,1-3,5-7,9,11,13,17H2. The Hall–Kier alpha value is -0.470. The molecule has 1 aromatic rings. The number of rotatable bonds is 6. The van der Waals surface area contributed by atoms with E-state index in [-0.39, 0.29) is 0 Å². The first kappa shape index (κ1) is 14.0. The summed E-state index contributed by atoms with van der Waals surface area (Å²) >= 11 is 2.04. The van der Waals surface area contributed by atoms with Crippen LogP contribution in [0.2, 0.25) is 0 Å². The molecule has 1 aromatic carbocycles. The van der Waals surface area contributed by atoms with Crippen molar-refractivity contribution in [2.24, 2.45) is 11.7 Å². The lowest BCUT2D eigenvalue weighted by molar-refractivity contribution is 0.391. The van der Waals surface area contributed by atoms with Crippen LogP contribution < -0.4 is 5.73 Å². The molecule has 0 bridgehead atoms. The van der Waals surface area contributed by atoms with Crippen LogP contribution in [0, 0.1) is 5.92 Å². The predicted octanol–water partition coefficient (Wildman–Crippen LogP) is 4.25. The van der Waals surface area contributed by atoms with Crippen LogP contribution in [0.15, 0.2) is 29.2 Å². The van der Waals surface area contributed by atoms with Crippen molar-refractivity contribution < 1.29 is 0 Å². The van der Waals surface area contributed by atoms with Crippen molar-refractivity contribution >= 4 is 11.8 Å². The molecule has 0 aliphatic heterocycles. The number of hydrogen-bond acceptors (Lipinski definition) is 2. The van der Waals surface area contributed by atoms with Crippen LogP contribution in [0.4, 0.5) is 0 Å². The van der Waals surface area contributed by atoms with Gasteiger partial charge in [-0.25, -0.2) is 0 Å². The van der Waals surface area contributed by atoms with E-state index in [9.17, 15) is 0 Å². The topological polar surface area (TPSA) is 26.0 Å². The highest BCUT2D eigenvalue weighted by atomic mass is 32.2. The van der Waals surface area contributed by atoms with Crippen molar-refractivity contribution in [1.29, 1.82) is 0 Å². The van der Waals surface area contributed by atoms with Crippen LogP contribution in [0.25, 0.3) is 0 Å². The fourth-order valence-corrected chi connectivity index (χ4v) is 3.84. The van der Waals surface area contributed by atoms with Gasteiger partial charge in [0.25, 0.3) is 0 Å². The molecule has 0 unspecified atom stereocenters. The molecule has 100 valence electrons. The average molecular weight is 263 g/mol. The molecule has 0 heterocycles. The minimum absolute atomic E-state index is 0.791. The number of hydrogen-bond donors (Lipinski definition) is 1. The highest BCUT2D eigenvalue weighted by molar-refractivity contribution is 7.99. The van der Waals surface area contributed by atoms with E-state index < -0.39 is 0 Å². The van der Waals surface area contributed by atoms with Gasteiger partial charge in [0.05, 0.1) is 0 Å². The van der Waals surface area contributed by atoms with E-state index in [0.717, 1.165) is 25.3 Å². The van der Waals surface area contributed by atoms with Crippen LogP contribution in [0.3, 0.4) is 0 Å². The lowest BCUT2D eigenvalue weighted by Gasteiger charge is -2.21. The van der Waals surface area contributed by atoms with Crippen LogP contribution in [-0.4, -0.2) is 12.3 Å². The van der Waals surface area contributed by atoms with Gasteiger partial charge >= 0.3 is 0 Å². The summed E-state index contributed by atoms with van der Waals surface area (Å²) < 4.78 is 0. The molecule has 1 aliphatic rings. The van der Waals surface area contributed by atoms with Crippen molar-refractivity contribution in [2.45, 2.75) is 49.8 Å². The van der Waals surface area contributed by atoms with Gasteiger partial charge in [0.15, 0.2) is 0 Å². The molecule has 0 aromatic heterocycles. The number of nitrogens with two attached hydrogens (primary N) is 1. The van der Waals surface area contributed by atoms with Gasteiger partial charge in [-0.1, -0.05) is 31.4 Å². The lowest BCUT2D eigenvalue weighted by Crippen LogP contribution is -2.08. The second kappa shape index (κ2) is 7.85. The molecule has 0 radical (unpaired) electrons. The minimum atomic E-state index is 0.791. The Bertz CT molecular complexity index is 345. The van der Waals surface area contributed by atoms with E-state index in [1.807, 2.05) is 11.8 Å². The van der Waals surface area contributed by atoms with Gasteiger partial charge in [0.1, 0.15) is 0 Å². The summed E-state index contributed by atoms with van der Waals surface area (Å²) in [7, 11) is 0. The van der Waals surface area contributed by atoms with Gasteiger partial charge in [0.2, 0.25) is 0 Å². The summed E-state index contributed by atoms with van der Waals surface area (Å²) in [6, 6.07) is 9.01. The van der Waals surface area contributed by atoms with Crippen LogP contribution >= 0.6 is 11.8 Å². The normalized spacial score (nSPS) is 16.9. The highest BCUT2D eigenvalue weighted by Gasteiger charge is 2.13. The molecule has 0 spiro atoms. The average Bonchev–Trinajstić information content (AvgIpc) is 2.44. The third-order valence-corrected chi connectivity index (χ3v) is 5.00. The van der Waals surface area contributed by atoms with Gasteiger partial charge in [0, 0.05) is 10.6 Å². The molecule has 18 heavy (non-hydrogen) atoms. The Morgan fingerprint density at radius 2 is 2.00 bits per heavy atom. The molecular weight excluding hydrogens is 238 g/mol. The molecular formula is C16H25NS. The summed E-state index contributed by atoms with van der Waals surface area (Å²) in [6.07, 6.45) is 9.45. The molecule has 0 atom stereocenters. The summed E-state index contributed by atoms with van der Waals surface area (Å²) in [5.41, 5.74) is 7.00. The van der Waals surface area contributed by atoms with E-state index >= 15 is 0 Å². The first-order chi connectivity index (χ1) is 8.88. The zero-order chi connectivity index (χ0) is 12.6. The molecule has 0 saturated heterocycles. The quantitative estimate of drug-likeness (QED) is 0.776. The van der Waals surface area contributed by atoms with Crippen molar-refractivity contribution in [3.8, 4) is 0 Å². The SMILES string of the molecule is NCCCc1cccc(SCC2CCCCC2)c1. The molecule has 2 heteroatoms. The Balaban J connectivity index is 1.80. The fraction of sp³-hybridized carbons (Fsp3) is 0.625. The smallest absolute Gasteiger partial charge is 0.00747 e. The maximum Gasteiger partial charge on any atom is 0.00747 e. The van der Waals surface area contributed by atoms with Crippen molar-refractivity contribution in [2.75, 3.05) is 12.3 Å². The van der Waals surface area contributed by atoms with Crippen LogP contribution in [0.1, 0.15) is 44.1 Å². The Morgan fingerprint density at radius 3 is 2.78 bits per heavy atom. The number of thioether (sulfide) groups is 1. The van der Waals surface area contributed by atoms with Crippen molar-refractivity contribution in [3.05, 3.63) is 29.8 Å². The van der Waals surface area contributed by atoms with Crippen molar-refractivity contribution in [3.63, 3.8) is 0 Å². The van der Waals surface area contributed by atoms with Gasteiger partial charge in [-0.2, -0.15) is 0 Å². The zero-order valence-corrected chi connectivity index (χ0v) is 12.1. The first-order valence-electron chi connectivity index (χ1n) is 7.30. The van der Waals surface area contributed by atoms with E-state index in [1.54, 1.807) is 0 Å². The number of aryl methyl sites for hydroxylation is 1. The molecule has 0 amide bonds.